The molecule has 0 radical (unpaired) electrons. The van der Waals surface area contributed by atoms with E-state index >= 15 is 0 Å². The number of nitrogens with zero attached hydrogens (tertiary/aromatic N) is 3. The van der Waals surface area contributed by atoms with Crippen molar-refractivity contribution >= 4 is 28.1 Å². The van der Waals surface area contributed by atoms with Crippen molar-refractivity contribution in [1.29, 1.82) is 0 Å². The number of hydrogen-bond acceptors (Lipinski definition) is 4. The maximum absolute atomic E-state index is 12.9. The Kier molecular flexibility index (Phi) is 6.43. The van der Waals surface area contributed by atoms with Gasteiger partial charge < -0.3 is 20.2 Å². The highest BCUT2D eigenvalue weighted by atomic mass is 16.2. The molecule has 9 heteroatoms. The van der Waals surface area contributed by atoms with Crippen molar-refractivity contribution in [3.8, 4) is 0 Å². The van der Waals surface area contributed by atoms with Gasteiger partial charge in [-0.05, 0) is 54.7 Å². The van der Waals surface area contributed by atoms with Crippen molar-refractivity contribution in [2.24, 2.45) is 0 Å². The fraction of sp³-hybridized carbons (Fsp3) is 0.276. The van der Waals surface area contributed by atoms with Crippen molar-refractivity contribution in [1.82, 2.24) is 29.3 Å². The third-order valence-corrected chi connectivity index (χ3v) is 7.50. The van der Waals surface area contributed by atoms with E-state index in [1.54, 1.807) is 0 Å². The summed E-state index contributed by atoms with van der Waals surface area (Å²) < 4.78 is 3.08. The van der Waals surface area contributed by atoms with Gasteiger partial charge in [0.1, 0.15) is 0 Å². The lowest BCUT2D eigenvalue weighted by molar-refractivity contribution is 0.188. The number of carbonyl (C=O) groups excluding carboxylic acids is 1. The van der Waals surface area contributed by atoms with E-state index in [9.17, 15) is 14.4 Å². The van der Waals surface area contributed by atoms with E-state index in [0.717, 1.165) is 61.1 Å². The molecular formula is C29H30N6O3. The maximum atomic E-state index is 12.9. The summed E-state index contributed by atoms with van der Waals surface area (Å²) in [4.78, 5) is 46.1. The lowest BCUT2D eigenvalue weighted by Crippen LogP contribution is -2.38. The number of para-hydroxylation sites is 2. The lowest BCUT2D eigenvalue weighted by Gasteiger charge is -2.32. The predicted molar refractivity (Wildman–Crippen MR) is 148 cm³/mol. The summed E-state index contributed by atoms with van der Waals surface area (Å²) in [6, 6.07) is 23.0. The van der Waals surface area contributed by atoms with Crippen LogP contribution in [0.15, 0.2) is 82.4 Å². The molecule has 0 atom stereocenters. The Hall–Kier alpha value is -4.37. The molecule has 1 aliphatic rings. The minimum atomic E-state index is -0.447. The molecule has 9 nitrogen and oxygen atoms in total. The van der Waals surface area contributed by atoms with E-state index < -0.39 is 11.7 Å². The van der Waals surface area contributed by atoms with Gasteiger partial charge in [0.25, 0.3) is 0 Å². The summed E-state index contributed by atoms with van der Waals surface area (Å²) in [6.07, 6.45) is 2.64. The number of aromatic nitrogens is 4. The van der Waals surface area contributed by atoms with Crippen molar-refractivity contribution in [3.05, 3.63) is 105 Å². The Morgan fingerprint density at radius 3 is 2.34 bits per heavy atom. The zero-order chi connectivity index (χ0) is 26.1. The van der Waals surface area contributed by atoms with Crippen LogP contribution in [0.3, 0.4) is 0 Å². The zero-order valence-electron chi connectivity index (χ0n) is 21.0. The standard InChI is InChI=1S/C29H30N6O3/c36-27(30-19-21-6-2-1-3-7-21)35-26-18-20(10-11-24(26)32-29(35)38)12-15-33-16-13-22(14-17-33)34-25-9-5-4-8-23(25)31-28(34)37/h1-11,18,22H,12-17,19H2,(H,30,36)(H,31,37)(H,32,38). The fourth-order valence-corrected chi connectivity index (χ4v) is 5.48. The molecule has 5 aromatic rings. The Labute approximate surface area is 218 Å². The van der Waals surface area contributed by atoms with Crippen molar-refractivity contribution in [2.75, 3.05) is 19.6 Å². The average molecular weight is 511 g/mol. The Morgan fingerprint density at radius 1 is 0.816 bits per heavy atom. The Balaban J connectivity index is 1.10. The van der Waals surface area contributed by atoms with Crippen LogP contribution >= 0.6 is 0 Å². The van der Waals surface area contributed by atoms with Crippen molar-refractivity contribution in [2.45, 2.75) is 31.8 Å². The van der Waals surface area contributed by atoms with E-state index in [0.29, 0.717) is 17.6 Å². The molecule has 38 heavy (non-hydrogen) atoms. The van der Waals surface area contributed by atoms with Crippen molar-refractivity contribution in [3.63, 3.8) is 0 Å². The van der Waals surface area contributed by atoms with Crippen LogP contribution in [0, 0.1) is 0 Å². The summed E-state index contributed by atoms with van der Waals surface area (Å²) in [5.41, 5.74) is 4.61. The number of hydrogen-bond donors (Lipinski definition) is 3. The molecule has 0 bridgehead atoms. The lowest BCUT2D eigenvalue weighted by atomic mass is 10.0. The van der Waals surface area contributed by atoms with Crippen LogP contribution in [0.2, 0.25) is 0 Å². The van der Waals surface area contributed by atoms with E-state index in [2.05, 4.69) is 20.2 Å². The first-order chi connectivity index (χ1) is 18.6. The van der Waals surface area contributed by atoms with Gasteiger partial charge in [-0.2, -0.15) is 0 Å². The van der Waals surface area contributed by atoms with Crippen LogP contribution < -0.4 is 16.7 Å². The van der Waals surface area contributed by atoms with Crippen LogP contribution in [0.4, 0.5) is 4.79 Å². The predicted octanol–water partition coefficient (Wildman–Crippen LogP) is 3.61. The normalized spacial score (nSPS) is 14.8. The van der Waals surface area contributed by atoms with Crippen LogP contribution in [0.1, 0.15) is 30.0 Å². The van der Waals surface area contributed by atoms with E-state index in [1.165, 1.54) is 4.57 Å². The van der Waals surface area contributed by atoms with E-state index in [1.807, 2.05) is 77.4 Å². The Bertz CT molecular complexity index is 1700. The summed E-state index contributed by atoms with van der Waals surface area (Å²) in [5.74, 6) is 0. The second-order valence-electron chi connectivity index (χ2n) is 9.90. The van der Waals surface area contributed by atoms with Crippen molar-refractivity contribution < 1.29 is 4.79 Å². The summed E-state index contributed by atoms with van der Waals surface area (Å²) in [5, 5.41) is 2.84. The van der Waals surface area contributed by atoms with Gasteiger partial charge in [0.15, 0.2) is 0 Å². The highest BCUT2D eigenvalue weighted by molar-refractivity contribution is 5.89. The van der Waals surface area contributed by atoms with Gasteiger partial charge in [0.05, 0.1) is 22.1 Å². The Morgan fingerprint density at radius 2 is 1.53 bits per heavy atom. The van der Waals surface area contributed by atoms with E-state index in [4.69, 9.17) is 0 Å². The number of rotatable bonds is 6. The van der Waals surface area contributed by atoms with Gasteiger partial charge >= 0.3 is 17.4 Å². The van der Waals surface area contributed by atoms with E-state index in [-0.39, 0.29) is 11.7 Å². The number of piperidine rings is 1. The first kappa shape index (κ1) is 24.0. The first-order valence-corrected chi connectivity index (χ1v) is 13.0. The maximum Gasteiger partial charge on any atom is 0.334 e. The smallest absolute Gasteiger partial charge is 0.333 e. The molecule has 1 aliphatic heterocycles. The minimum absolute atomic E-state index is 0.0386. The number of nitrogens with one attached hydrogen (secondary N) is 3. The molecule has 194 valence electrons. The summed E-state index contributed by atoms with van der Waals surface area (Å²) in [7, 11) is 0. The molecule has 2 aromatic heterocycles. The molecule has 6 rings (SSSR count). The molecule has 1 amide bonds. The second kappa shape index (κ2) is 10.2. The van der Waals surface area contributed by atoms with Gasteiger partial charge in [-0.15, -0.1) is 0 Å². The second-order valence-corrected chi connectivity index (χ2v) is 9.90. The number of likely N-dealkylation sites (tertiary alicyclic amines) is 1. The molecule has 3 N–H and O–H groups in total. The third kappa shape index (κ3) is 4.68. The van der Waals surface area contributed by atoms with Crippen LogP contribution in [0.5, 0.6) is 0 Å². The number of aromatic amines is 2. The molecule has 1 fully saturated rings. The fourth-order valence-electron chi connectivity index (χ4n) is 5.48. The summed E-state index contributed by atoms with van der Waals surface area (Å²) >= 11 is 0. The van der Waals surface area contributed by atoms with Crippen LogP contribution in [-0.2, 0) is 13.0 Å². The largest absolute Gasteiger partial charge is 0.334 e. The molecule has 0 saturated carbocycles. The highest BCUT2D eigenvalue weighted by Gasteiger charge is 2.23. The first-order valence-electron chi connectivity index (χ1n) is 13.0. The van der Waals surface area contributed by atoms with Gasteiger partial charge in [-0.3, -0.25) is 4.57 Å². The number of imidazole rings is 2. The minimum Gasteiger partial charge on any atom is -0.333 e. The number of benzene rings is 3. The molecule has 0 spiro atoms. The topological polar surface area (TPSA) is 108 Å². The average Bonchev–Trinajstić information content (AvgIpc) is 3.46. The SMILES string of the molecule is O=C(NCc1ccccc1)n1c(=O)[nH]c2ccc(CCN3CCC(n4c(=O)[nH]c5ccccc54)CC3)cc21. The number of carbonyl (C=O) groups is 1. The highest BCUT2D eigenvalue weighted by Crippen LogP contribution is 2.25. The van der Waals surface area contributed by atoms with Crippen LogP contribution in [-0.4, -0.2) is 49.7 Å². The molecule has 0 aliphatic carbocycles. The van der Waals surface area contributed by atoms with Crippen LogP contribution in [0.25, 0.3) is 22.1 Å². The van der Waals surface area contributed by atoms with Gasteiger partial charge in [-0.1, -0.05) is 48.5 Å². The molecule has 3 heterocycles. The number of amides is 1. The van der Waals surface area contributed by atoms with Gasteiger partial charge in [0, 0.05) is 32.2 Å². The quantitative estimate of drug-likeness (QED) is 0.324. The number of fused-ring (bicyclic) bond motifs is 2. The monoisotopic (exact) mass is 510 g/mol. The zero-order valence-corrected chi connectivity index (χ0v) is 21.0. The molecule has 3 aromatic carbocycles. The molecule has 0 unspecified atom stereocenters. The third-order valence-electron chi connectivity index (χ3n) is 7.50. The molecular weight excluding hydrogens is 480 g/mol. The summed E-state index contributed by atoms with van der Waals surface area (Å²) in [6.45, 7) is 3.04. The molecule has 1 saturated heterocycles. The van der Waals surface area contributed by atoms with Gasteiger partial charge in [0.2, 0.25) is 0 Å². The number of H-pyrrole nitrogens is 2. The van der Waals surface area contributed by atoms with Gasteiger partial charge in [-0.25, -0.2) is 19.0 Å².